The van der Waals surface area contributed by atoms with Crippen molar-refractivity contribution in [1.82, 2.24) is 14.5 Å². The molecule has 0 bridgehead atoms. The molecule has 4 rings (SSSR count). The molecule has 4 aromatic rings. The summed E-state index contributed by atoms with van der Waals surface area (Å²) < 4.78 is 7.23. The van der Waals surface area contributed by atoms with Crippen molar-refractivity contribution in [3.8, 4) is 11.6 Å². The van der Waals surface area contributed by atoms with Gasteiger partial charge in [0.1, 0.15) is 17.9 Å². The Labute approximate surface area is 170 Å². The van der Waals surface area contributed by atoms with Crippen LogP contribution in [-0.2, 0) is 11.2 Å². The Morgan fingerprint density at radius 2 is 1.96 bits per heavy atom. The molecule has 6 nitrogen and oxygen atoms in total. The van der Waals surface area contributed by atoms with E-state index in [1.54, 1.807) is 19.2 Å². The number of hydrogen-bond donors (Lipinski definition) is 1. The first-order valence-electron chi connectivity index (χ1n) is 8.40. The van der Waals surface area contributed by atoms with Crippen LogP contribution in [0.25, 0.3) is 27.6 Å². The first-order chi connectivity index (χ1) is 13.4. The van der Waals surface area contributed by atoms with Gasteiger partial charge < -0.3 is 9.84 Å². The van der Waals surface area contributed by atoms with Crippen LogP contribution in [0.1, 0.15) is 11.3 Å². The Bertz CT molecular complexity index is 1250. The molecule has 142 valence electrons. The van der Waals surface area contributed by atoms with E-state index in [2.05, 4.69) is 9.97 Å². The topological polar surface area (TPSA) is 77.2 Å². The Kier molecular flexibility index (Phi) is 4.61. The maximum atomic E-state index is 11.5. The van der Waals surface area contributed by atoms with Crippen LogP contribution < -0.4 is 4.74 Å². The van der Waals surface area contributed by atoms with Gasteiger partial charge in [-0.15, -0.1) is 0 Å². The van der Waals surface area contributed by atoms with Gasteiger partial charge in [-0.25, -0.2) is 9.97 Å². The molecule has 0 aliphatic heterocycles. The lowest BCUT2D eigenvalue weighted by Crippen LogP contribution is -2.05. The van der Waals surface area contributed by atoms with Crippen LogP contribution in [0.2, 0.25) is 10.0 Å². The number of ether oxygens (including phenoxy) is 1. The molecule has 8 heteroatoms. The highest BCUT2D eigenvalue weighted by Crippen LogP contribution is 2.35. The number of methoxy groups -OCH3 is 1. The number of carboxylic acid groups (broad SMARTS) is 1. The quantitative estimate of drug-likeness (QED) is 0.516. The normalized spacial score (nSPS) is 11.3. The summed E-state index contributed by atoms with van der Waals surface area (Å²) in [6.45, 7) is 1.87. The number of benzene rings is 2. The van der Waals surface area contributed by atoms with Crippen molar-refractivity contribution in [3.05, 3.63) is 58.0 Å². The zero-order valence-electron chi connectivity index (χ0n) is 15.0. The van der Waals surface area contributed by atoms with Crippen LogP contribution in [-0.4, -0.2) is 32.7 Å². The minimum atomic E-state index is -0.913. The zero-order chi connectivity index (χ0) is 20.0. The van der Waals surface area contributed by atoms with Crippen molar-refractivity contribution in [2.24, 2.45) is 0 Å². The van der Waals surface area contributed by atoms with Gasteiger partial charge in [-0.3, -0.25) is 9.36 Å². The van der Waals surface area contributed by atoms with Crippen molar-refractivity contribution in [1.29, 1.82) is 0 Å². The molecule has 2 heterocycles. The van der Waals surface area contributed by atoms with Gasteiger partial charge in [0.2, 0.25) is 0 Å². The predicted molar refractivity (Wildman–Crippen MR) is 109 cm³/mol. The molecule has 0 fully saturated rings. The highest BCUT2D eigenvalue weighted by atomic mass is 35.5. The third-order valence-corrected chi connectivity index (χ3v) is 5.22. The maximum Gasteiger partial charge on any atom is 0.307 e. The van der Waals surface area contributed by atoms with Gasteiger partial charge in [0.05, 0.1) is 29.6 Å². The van der Waals surface area contributed by atoms with E-state index in [-0.39, 0.29) is 6.42 Å². The number of nitrogens with zero attached hydrogens (tertiary/aromatic N) is 3. The molecule has 0 spiro atoms. The SMILES string of the molecule is COc1ccc2c(c1)c(CC(=O)O)c(C)n2-c1ncnc2c(Cl)cc(Cl)cc12. The molecule has 0 saturated heterocycles. The first-order valence-corrected chi connectivity index (χ1v) is 9.16. The molecule has 0 aliphatic carbocycles. The van der Waals surface area contributed by atoms with E-state index in [4.69, 9.17) is 27.9 Å². The summed E-state index contributed by atoms with van der Waals surface area (Å²) in [5.41, 5.74) is 2.85. The van der Waals surface area contributed by atoms with Crippen molar-refractivity contribution in [2.45, 2.75) is 13.3 Å². The molecule has 0 amide bonds. The van der Waals surface area contributed by atoms with Crippen molar-refractivity contribution in [3.63, 3.8) is 0 Å². The molecule has 0 radical (unpaired) electrons. The number of aliphatic carboxylic acids is 1. The van der Waals surface area contributed by atoms with E-state index in [0.717, 1.165) is 16.6 Å². The predicted octanol–water partition coefficient (Wildman–Crippen LogP) is 4.82. The summed E-state index contributed by atoms with van der Waals surface area (Å²) in [5.74, 6) is 0.317. The van der Waals surface area contributed by atoms with Crippen LogP contribution in [0.4, 0.5) is 0 Å². The average molecular weight is 416 g/mol. The summed E-state index contributed by atoms with van der Waals surface area (Å²) in [4.78, 5) is 20.2. The van der Waals surface area contributed by atoms with Gasteiger partial charge in [0, 0.05) is 21.5 Å². The highest BCUT2D eigenvalue weighted by Gasteiger charge is 2.21. The fraction of sp³-hybridized carbons (Fsp3) is 0.150. The van der Waals surface area contributed by atoms with Gasteiger partial charge >= 0.3 is 5.97 Å². The van der Waals surface area contributed by atoms with Crippen LogP contribution in [0.5, 0.6) is 5.75 Å². The number of carboxylic acids is 1. The zero-order valence-corrected chi connectivity index (χ0v) is 16.5. The number of carbonyl (C=O) groups is 1. The molecular weight excluding hydrogens is 401 g/mol. The second-order valence-corrected chi connectivity index (χ2v) is 7.18. The van der Waals surface area contributed by atoms with E-state index in [1.165, 1.54) is 6.33 Å². The van der Waals surface area contributed by atoms with Crippen LogP contribution in [0.3, 0.4) is 0 Å². The van der Waals surface area contributed by atoms with E-state index in [1.807, 2.05) is 29.7 Å². The van der Waals surface area contributed by atoms with Crippen molar-refractivity contribution >= 4 is 51.0 Å². The van der Waals surface area contributed by atoms with Gasteiger partial charge in [-0.05, 0) is 42.8 Å². The molecule has 2 aromatic heterocycles. The molecule has 1 N–H and O–H groups in total. The number of hydrogen-bond acceptors (Lipinski definition) is 4. The van der Waals surface area contributed by atoms with Gasteiger partial charge in [0.25, 0.3) is 0 Å². The van der Waals surface area contributed by atoms with E-state index < -0.39 is 5.97 Å². The minimum Gasteiger partial charge on any atom is -0.497 e. The molecule has 0 unspecified atom stereocenters. The molecule has 0 saturated carbocycles. The summed E-state index contributed by atoms with van der Waals surface area (Å²) in [7, 11) is 1.57. The Morgan fingerprint density at radius 1 is 1.18 bits per heavy atom. The van der Waals surface area contributed by atoms with Crippen LogP contribution in [0.15, 0.2) is 36.7 Å². The Balaban J connectivity index is 2.11. The highest BCUT2D eigenvalue weighted by molar-refractivity contribution is 6.38. The standard InChI is InChI=1S/C20H15Cl2N3O3/c1-10-13(8-18(26)27)14-7-12(28-2)3-4-17(14)25(10)20-15-5-11(21)6-16(22)19(15)23-9-24-20/h3-7,9H,8H2,1-2H3,(H,26,27). The lowest BCUT2D eigenvalue weighted by atomic mass is 10.1. The average Bonchev–Trinajstić information content (AvgIpc) is 2.92. The molecule has 0 atom stereocenters. The number of fused-ring (bicyclic) bond motifs is 2. The summed E-state index contributed by atoms with van der Waals surface area (Å²) in [6.07, 6.45) is 1.32. The van der Waals surface area contributed by atoms with E-state index >= 15 is 0 Å². The molecule has 28 heavy (non-hydrogen) atoms. The maximum absolute atomic E-state index is 11.5. The lowest BCUT2D eigenvalue weighted by Gasteiger charge is -2.12. The number of aromatic nitrogens is 3. The van der Waals surface area contributed by atoms with Gasteiger partial charge in [0.15, 0.2) is 0 Å². The van der Waals surface area contributed by atoms with Gasteiger partial charge in [-0.2, -0.15) is 0 Å². The van der Waals surface area contributed by atoms with Crippen molar-refractivity contribution < 1.29 is 14.6 Å². The lowest BCUT2D eigenvalue weighted by molar-refractivity contribution is -0.136. The minimum absolute atomic E-state index is 0.118. The van der Waals surface area contributed by atoms with Crippen molar-refractivity contribution in [2.75, 3.05) is 7.11 Å². The molecule has 2 aromatic carbocycles. The first kappa shape index (κ1) is 18.5. The Hall–Kier alpha value is -2.83. The second kappa shape index (κ2) is 6.96. The van der Waals surface area contributed by atoms with Gasteiger partial charge in [-0.1, -0.05) is 23.2 Å². The third-order valence-electron chi connectivity index (χ3n) is 4.72. The van der Waals surface area contributed by atoms with Crippen LogP contribution in [0, 0.1) is 6.92 Å². The summed E-state index contributed by atoms with van der Waals surface area (Å²) in [5, 5.41) is 11.8. The molecular formula is C20H15Cl2N3O3. The number of halogens is 2. The summed E-state index contributed by atoms with van der Waals surface area (Å²) in [6, 6.07) is 8.92. The van der Waals surface area contributed by atoms with Crippen LogP contribution >= 0.6 is 23.2 Å². The largest absolute Gasteiger partial charge is 0.497 e. The smallest absolute Gasteiger partial charge is 0.307 e. The fourth-order valence-corrected chi connectivity index (χ4v) is 4.04. The number of rotatable bonds is 4. The Morgan fingerprint density at radius 3 is 2.68 bits per heavy atom. The molecule has 0 aliphatic rings. The van der Waals surface area contributed by atoms with E-state index in [0.29, 0.717) is 38.1 Å². The fourth-order valence-electron chi connectivity index (χ4n) is 3.49. The second-order valence-electron chi connectivity index (χ2n) is 6.33. The third kappa shape index (κ3) is 2.95. The van der Waals surface area contributed by atoms with E-state index in [9.17, 15) is 9.90 Å². The summed E-state index contributed by atoms with van der Waals surface area (Å²) >= 11 is 12.5. The monoisotopic (exact) mass is 415 g/mol.